The second-order valence-corrected chi connectivity index (χ2v) is 5.44. The van der Waals surface area contributed by atoms with E-state index in [0.29, 0.717) is 6.54 Å². The van der Waals surface area contributed by atoms with Crippen LogP contribution in [0.3, 0.4) is 0 Å². The Labute approximate surface area is 115 Å². The summed E-state index contributed by atoms with van der Waals surface area (Å²) in [6.45, 7) is 4.52. The van der Waals surface area contributed by atoms with Crippen molar-refractivity contribution in [2.45, 2.75) is 26.8 Å². The Hall–Kier alpha value is -1.95. The number of aryl methyl sites for hydroxylation is 2. The Balaban J connectivity index is 2.08. The number of thiazole rings is 1. The zero-order valence-electron chi connectivity index (χ0n) is 10.8. The van der Waals surface area contributed by atoms with Gasteiger partial charge in [-0.05, 0) is 25.0 Å². The molecule has 0 atom stereocenters. The molecule has 0 spiro atoms. The Kier molecular flexibility index (Phi) is 4.11. The van der Waals surface area contributed by atoms with Gasteiger partial charge in [0.2, 0.25) is 0 Å². The van der Waals surface area contributed by atoms with Gasteiger partial charge in [-0.3, -0.25) is 10.1 Å². The van der Waals surface area contributed by atoms with Gasteiger partial charge in [0.25, 0.3) is 5.69 Å². The van der Waals surface area contributed by atoms with E-state index in [-0.39, 0.29) is 10.6 Å². The van der Waals surface area contributed by atoms with Crippen molar-refractivity contribution in [3.8, 4) is 0 Å². The average molecular weight is 277 g/mol. The van der Waals surface area contributed by atoms with Crippen molar-refractivity contribution in [2.75, 3.05) is 5.32 Å². The smallest absolute Gasteiger partial charge is 0.271 e. The van der Waals surface area contributed by atoms with E-state index in [2.05, 4.69) is 17.2 Å². The molecule has 0 saturated carbocycles. The summed E-state index contributed by atoms with van der Waals surface area (Å²) in [7, 11) is 0. The molecule has 1 heterocycles. The molecule has 0 aliphatic rings. The predicted molar refractivity (Wildman–Crippen MR) is 76.7 cm³/mol. The highest BCUT2D eigenvalue weighted by atomic mass is 32.1. The van der Waals surface area contributed by atoms with Crippen LogP contribution in [0.15, 0.2) is 24.4 Å². The maximum absolute atomic E-state index is 10.8. The first-order chi connectivity index (χ1) is 9.08. The molecule has 1 aromatic heterocycles. The van der Waals surface area contributed by atoms with Crippen LogP contribution in [0.2, 0.25) is 0 Å². The molecule has 0 aliphatic carbocycles. The third kappa shape index (κ3) is 3.51. The molecule has 0 saturated heterocycles. The van der Waals surface area contributed by atoms with Crippen LogP contribution < -0.4 is 5.32 Å². The van der Waals surface area contributed by atoms with Crippen LogP contribution in [0, 0.1) is 17.0 Å². The van der Waals surface area contributed by atoms with Crippen LogP contribution in [-0.4, -0.2) is 9.91 Å². The second-order valence-electron chi connectivity index (χ2n) is 4.24. The fourth-order valence-corrected chi connectivity index (χ4v) is 2.54. The van der Waals surface area contributed by atoms with Gasteiger partial charge in [-0.25, -0.2) is 4.98 Å². The zero-order valence-corrected chi connectivity index (χ0v) is 11.7. The minimum Gasteiger partial charge on any atom is -0.378 e. The number of hydrogen-bond donors (Lipinski definition) is 1. The van der Waals surface area contributed by atoms with Crippen LogP contribution >= 0.6 is 11.3 Å². The molecule has 100 valence electrons. The Bertz CT molecular complexity index is 595. The molecule has 0 unspecified atom stereocenters. The number of benzene rings is 1. The fraction of sp³-hybridized carbons (Fsp3) is 0.308. The molecular weight excluding hydrogens is 262 g/mol. The summed E-state index contributed by atoms with van der Waals surface area (Å²) < 4.78 is 0. The van der Waals surface area contributed by atoms with Gasteiger partial charge in [0.15, 0.2) is 0 Å². The largest absolute Gasteiger partial charge is 0.378 e. The van der Waals surface area contributed by atoms with Crippen LogP contribution in [0.4, 0.5) is 11.4 Å². The van der Waals surface area contributed by atoms with E-state index in [1.165, 1.54) is 4.88 Å². The number of nitro benzene ring substituents is 1. The van der Waals surface area contributed by atoms with Gasteiger partial charge in [-0.1, -0.05) is 6.92 Å². The first-order valence-corrected chi connectivity index (χ1v) is 6.83. The first-order valence-electron chi connectivity index (χ1n) is 6.02. The summed E-state index contributed by atoms with van der Waals surface area (Å²) in [5.41, 5.74) is 1.72. The van der Waals surface area contributed by atoms with Crippen LogP contribution in [0.1, 0.15) is 22.4 Å². The lowest BCUT2D eigenvalue weighted by Crippen LogP contribution is -2.00. The lowest BCUT2D eigenvalue weighted by molar-refractivity contribution is -0.384. The number of nitrogens with zero attached hydrogens (tertiary/aromatic N) is 2. The van der Waals surface area contributed by atoms with E-state index >= 15 is 0 Å². The number of rotatable bonds is 5. The highest BCUT2D eigenvalue weighted by molar-refractivity contribution is 7.11. The molecule has 1 N–H and O–H groups in total. The first kappa shape index (κ1) is 13.5. The van der Waals surface area contributed by atoms with Gasteiger partial charge >= 0.3 is 0 Å². The van der Waals surface area contributed by atoms with Crippen molar-refractivity contribution in [3.63, 3.8) is 0 Å². The van der Waals surface area contributed by atoms with Crippen LogP contribution in [0.25, 0.3) is 0 Å². The molecular formula is C13H15N3O2S. The van der Waals surface area contributed by atoms with Crippen molar-refractivity contribution < 1.29 is 4.92 Å². The summed E-state index contributed by atoms with van der Waals surface area (Å²) in [6, 6.07) is 4.99. The third-order valence-electron chi connectivity index (χ3n) is 2.67. The quantitative estimate of drug-likeness (QED) is 0.670. The van der Waals surface area contributed by atoms with Crippen LogP contribution in [-0.2, 0) is 13.0 Å². The maximum Gasteiger partial charge on any atom is 0.271 e. The number of non-ortho nitro benzene ring substituents is 1. The molecule has 5 nitrogen and oxygen atoms in total. The van der Waals surface area contributed by atoms with Gasteiger partial charge in [0, 0.05) is 28.9 Å². The van der Waals surface area contributed by atoms with Gasteiger partial charge in [0.1, 0.15) is 5.01 Å². The molecule has 0 aliphatic heterocycles. The second kappa shape index (κ2) is 5.79. The maximum atomic E-state index is 10.8. The van der Waals surface area contributed by atoms with E-state index in [1.807, 2.05) is 19.2 Å². The molecule has 2 rings (SSSR count). The Morgan fingerprint density at radius 2 is 2.21 bits per heavy atom. The summed E-state index contributed by atoms with van der Waals surface area (Å²) in [6.07, 6.45) is 2.86. The normalized spacial score (nSPS) is 10.4. The minimum atomic E-state index is -0.378. The number of hydrogen-bond acceptors (Lipinski definition) is 5. The molecule has 2 aromatic rings. The molecule has 1 aromatic carbocycles. The molecule has 0 bridgehead atoms. The molecule has 0 fully saturated rings. The Morgan fingerprint density at radius 1 is 1.42 bits per heavy atom. The highest BCUT2D eigenvalue weighted by Gasteiger charge is 2.08. The van der Waals surface area contributed by atoms with Gasteiger partial charge in [0.05, 0.1) is 11.5 Å². The number of anilines is 1. The van der Waals surface area contributed by atoms with Crippen molar-refractivity contribution in [2.24, 2.45) is 0 Å². The SMILES string of the molecule is CCc1cnc(CNc2cc(C)cc([N+](=O)[O-])c2)s1. The van der Waals surface area contributed by atoms with E-state index in [0.717, 1.165) is 22.7 Å². The van der Waals surface area contributed by atoms with Crippen molar-refractivity contribution in [1.29, 1.82) is 0 Å². The fourth-order valence-electron chi connectivity index (χ4n) is 1.74. The summed E-state index contributed by atoms with van der Waals surface area (Å²) in [5, 5.41) is 15.0. The topological polar surface area (TPSA) is 68.1 Å². The van der Waals surface area contributed by atoms with Crippen LogP contribution in [0.5, 0.6) is 0 Å². The monoisotopic (exact) mass is 277 g/mol. The summed E-state index contributed by atoms with van der Waals surface area (Å²) >= 11 is 1.66. The lowest BCUT2D eigenvalue weighted by Gasteiger charge is -2.05. The van der Waals surface area contributed by atoms with Gasteiger partial charge < -0.3 is 5.32 Å². The minimum absolute atomic E-state index is 0.107. The average Bonchev–Trinajstić information content (AvgIpc) is 2.83. The van der Waals surface area contributed by atoms with Gasteiger partial charge in [-0.2, -0.15) is 0 Å². The predicted octanol–water partition coefficient (Wildman–Crippen LogP) is 3.53. The number of nitro groups is 1. The van der Waals surface area contributed by atoms with E-state index in [4.69, 9.17) is 0 Å². The standard InChI is InChI=1S/C13H15N3O2S/c1-3-12-7-15-13(19-12)8-14-10-4-9(2)5-11(6-10)16(17)18/h4-7,14H,3,8H2,1-2H3. The summed E-state index contributed by atoms with van der Waals surface area (Å²) in [5.74, 6) is 0. The zero-order chi connectivity index (χ0) is 13.8. The highest BCUT2D eigenvalue weighted by Crippen LogP contribution is 2.21. The van der Waals surface area contributed by atoms with Gasteiger partial charge in [-0.15, -0.1) is 11.3 Å². The molecule has 0 radical (unpaired) electrons. The van der Waals surface area contributed by atoms with Crippen molar-refractivity contribution in [1.82, 2.24) is 4.98 Å². The van der Waals surface area contributed by atoms with Crippen molar-refractivity contribution >= 4 is 22.7 Å². The number of aromatic nitrogens is 1. The molecule has 6 heteroatoms. The third-order valence-corrected chi connectivity index (χ3v) is 3.81. The lowest BCUT2D eigenvalue weighted by atomic mass is 10.2. The van der Waals surface area contributed by atoms with E-state index in [9.17, 15) is 10.1 Å². The number of nitrogens with one attached hydrogen (secondary N) is 1. The van der Waals surface area contributed by atoms with Crippen molar-refractivity contribution in [3.05, 3.63) is 50.0 Å². The Morgan fingerprint density at radius 3 is 2.84 bits per heavy atom. The van der Waals surface area contributed by atoms with E-state index in [1.54, 1.807) is 23.5 Å². The van der Waals surface area contributed by atoms with E-state index < -0.39 is 0 Å². The molecule has 0 amide bonds. The summed E-state index contributed by atoms with van der Waals surface area (Å²) in [4.78, 5) is 16.0. The molecule has 19 heavy (non-hydrogen) atoms.